The number of carboxylic acids is 3. The second-order valence-corrected chi connectivity index (χ2v) is 12.1. The van der Waals surface area contributed by atoms with Crippen LogP contribution in [0.25, 0.3) is 0 Å². The summed E-state index contributed by atoms with van der Waals surface area (Å²) in [6.45, 7) is 28.3. The molecule has 0 saturated carbocycles. The van der Waals surface area contributed by atoms with E-state index >= 15 is 0 Å². The van der Waals surface area contributed by atoms with Crippen molar-refractivity contribution in [3.63, 3.8) is 0 Å². The predicted octanol–water partition coefficient (Wildman–Crippen LogP) is 3.16. The van der Waals surface area contributed by atoms with Gasteiger partial charge >= 0.3 is 40.8 Å². The van der Waals surface area contributed by atoms with Gasteiger partial charge < -0.3 is 29.7 Å². The molecule has 199 valence electrons. The molecule has 0 heterocycles. The second kappa shape index (κ2) is 16.5. The zero-order valence-corrected chi connectivity index (χ0v) is 27.6. The molecule has 0 saturated heterocycles. The number of aliphatic carboxylic acids is 3. The quantitative estimate of drug-likeness (QED) is 0.393. The molecular weight excluding hydrogens is 565 g/mol. The predicted molar refractivity (Wildman–Crippen MR) is 128 cm³/mol. The Morgan fingerprint density at radius 1 is 0.441 bits per heavy atom. The first-order valence-corrected chi connectivity index (χ1v) is 12.0. The second-order valence-electron chi connectivity index (χ2n) is 12.1. The first-order chi connectivity index (χ1) is 14.4. The molecule has 0 aromatic carbocycles. The van der Waals surface area contributed by atoms with E-state index in [0.717, 1.165) is 0 Å². The van der Waals surface area contributed by atoms with Crippen LogP contribution in [0, 0.1) is 92.6 Å². The van der Waals surface area contributed by atoms with E-state index in [1.165, 1.54) is 0 Å². The maximum atomic E-state index is 10.7. The Labute approximate surface area is 242 Å². The molecule has 6 nitrogen and oxygen atoms in total. The van der Waals surface area contributed by atoms with Crippen molar-refractivity contribution < 1.29 is 70.5 Å². The van der Waals surface area contributed by atoms with Crippen LogP contribution in [-0.2, 0) is 14.4 Å². The largest absolute Gasteiger partial charge is 3.00 e. The molecule has 0 amide bonds. The molecule has 3 unspecified atom stereocenters. The zero-order chi connectivity index (χ0) is 27.7. The van der Waals surface area contributed by atoms with Crippen LogP contribution in [0.3, 0.4) is 0 Å². The summed E-state index contributed by atoms with van der Waals surface area (Å²) in [5.41, 5.74) is -2.14. The van der Waals surface area contributed by atoms with Crippen LogP contribution in [0.2, 0.25) is 0 Å². The van der Waals surface area contributed by atoms with Crippen LogP contribution >= 0.6 is 0 Å². The molecule has 0 N–H and O–H groups in total. The Balaban J connectivity index is -0.000000196. The van der Waals surface area contributed by atoms with Crippen LogP contribution in [0.4, 0.5) is 0 Å². The van der Waals surface area contributed by atoms with E-state index in [9.17, 15) is 29.7 Å². The monoisotopic (exact) mass is 613 g/mol. The van der Waals surface area contributed by atoms with Gasteiger partial charge in [-0.15, -0.1) is 0 Å². The Bertz CT molecular complexity index is 535. The molecule has 0 spiro atoms. The van der Waals surface area contributed by atoms with Crippen LogP contribution in [0.5, 0.6) is 0 Å². The van der Waals surface area contributed by atoms with E-state index in [1.807, 2.05) is 62.3 Å². The van der Waals surface area contributed by atoms with Gasteiger partial charge in [-0.25, -0.2) is 0 Å². The van der Waals surface area contributed by atoms with E-state index in [4.69, 9.17) is 0 Å². The SMILES string of the molecule is CC(C)C(C)C(C)(C)C(=O)[O-].CC(C)C(C)C(C)(C)C(=O)[O-].CC(C)C(C)C(C)(C)C(=O)[O-].[Nd+3]. The summed E-state index contributed by atoms with van der Waals surface area (Å²) in [4.78, 5) is 32.0. The molecule has 34 heavy (non-hydrogen) atoms. The summed E-state index contributed by atoms with van der Waals surface area (Å²) in [7, 11) is 0. The van der Waals surface area contributed by atoms with Crippen molar-refractivity contribution in [2.45, 2.75) is 104 Å². The van der Waals surface area contributed by atoms with Gasteiger partial charge in [0.25, 0.3) is 0 Å². The summed E-state index contributed by atoms with van der Waals surface area (Å²) in [6, 6.07) is 0. The minimum atomic E-state index is -0.960. The molecule has 0 aliphatic rings. The molecule has 0 aromatic rings. The maximum absolute atomic E-state index is 10.7. The molecule has 7 heteroatoms. The van der Waals surface area contributed by atoms with Gasteiger partial charge in [-0.3, -0.25) is 0 Å². The van der Waals surface area contributed by atoms with E-state index in [2.05, 4.69) is 0 Å². The molecular formula is C27H51NdO6. The van der Waals surface area contributed by atoms with E-state index in [1.54, 1.807) is 41.5 Å². The number of carbonyl (C=O) groups is 3. The fourth-order valence-electron chi connectivity index (χ4n) is 3.06. The van der Waals surface area contributed by atoms with Gasteiger partial charge in [-0.05, 0) is 35.5 Å². The third kappa shape index (κ3) is 13.2. The summed E-state index contributed by atoms with van der Waals surface area (Å²) in [5.74, 6) is -1.31. The number of rotatable bonds is 9. The first kappa shape index (κ1) is 40.9. The van der Waals surface area contributed by atoms with E-state index < -0.39 is 34.2 Å². The minimum Gasteiger partial charge on any atom is -0.550 e. The molecule has 3 atom stereocenters. The Hall–Kier alpha value is -0.239. The van der Waals surface area contributed by atoms with E-state index in [0.29, 0.717) is 17.8 Å². The summed E-state index contributed by atoms with van der Waals surface area (Å²) < 4.78 is 0. The van der Waals surface area contributed by atoms with Gasteiger partial charge in [0.05, 0.1) is 0 Å². The van der Waals surface area contributed by atoms with Gasteiger partial charge in [0.1, 0.15) is 0 Å². The number of hydrogen-bond donors (Lipinski definition) is 0. The average molecular weight is 616 g/mol. The summed E-state index contributed by atoms with van der Waals surface area (Å²) >= 11 is 0. The minimum absolute atomic E-state index is 0. The fraction of sp³-hybridized carbons (Fsp3) is 0.889. The van der Waals surface area contributed by atoms with Crippen molar-refractivity contribution in [3.8, 4) is 0 Å². The van der Waals surface area contributed by atoms with Crippen LogP contribution in [0.1, 0.15) is 104 Å². The van der Waals surface area contributed by atoms with Gasteiger partial charge in [-0.1, -0.05) is 104 Å². The van der Waals surface area contributed by atoms with Crippen molar-refractivity contribution in [2.24, 2.45) is 51.8 Å². The van der Waals surface area contributed by atoms with Gasteiger partial charge in [-0.2, -0.15) is 0 Å². The Kier molecular flexibility index (Phi) is 19.8. The normalized spacial score (nSPS) is 14.6. The number of carbonyl (C=O) groups excluding carboxylic acids is 3. The summed E-state index contributed by atoms with van der Waals surface area (Å²) in [5, 5.41) is 32.0. The van der Waals surface area contributed by atoms with Gasteiger partial charge in [0.2, 0.25) is 0 Å². The molecule has 1 radical (unpaired) electrons. The molecule has 0 aliphatic heterocycles. The summed E-state index contributed by atoms with van der Waals surface area (Å²) in [6.07, 6.45) is 0. The van der Waals surface area contributed by atoms with Crippen molar-refractivity contribution in [3.05, 3.63) is 0 Å². The molecule has 0 aliphatic carbocycles. The Morgan fingerprint density at radius 3 is 0.588 bits per heavy atom. The molecule has 0 fully saturated rings. The van der Waals surface area contributed by atoms with E-state index in [-0.39, 0.29) is 58.6 Å². The third-order valence-corrected chi connectivity index (χ3v) is 7.99. The third-order valence-electron chi connectivity index (χ3n) is 7.99. The standard InChI is InChI=1S/3C9H18O2.Nd/c3*1-6(2)7(3)9(4,5)8(10)11;/h3*6-7H,1-5H3,(H,10,11);/q;;;+3/p-3. The van der Waals surface area contributed by atoms with Crippen molar-refractivity contribution >= 4 is 17.9 Å². The van der Waals surface area contributed by atoms with Crippen LogP contribution in [-0.4, -0.2) is 17.9 Å². The maximum Gasteiger partial charge on any atom is 3.00 e. The number of carboxylic acid groups (broad SMARTS) is 3. The van der Waals surface area contributed by atoms with Gasteiger partial charge in [0.15, 0.2) is 0 Å². The smallest absolute Gasteiger partial charge is 0.550 e. The van der Waals surface area contributed by atoms with Crippen molar-refractivity contribution in [2.75, 3.05) is 0 Å². The van der Waals surface area contributed by atoms with Crippen molar-refractivity contribution in [1.82, 2.24) is 0 Å². The molecule has 0 bridgehead atoms. The Morgan fingerprint density at radius 2 is 0.559 bits per heavy atom. The topological polar surface area (TPSA) is 120 Å². The molecule has 0 rings (SSSR count). The zero-order valence-electron chi connectivity index (χ0n) is 24.4. The number of hydrogen-bond acceptors (Lipinski definition) is 6. The average Bonchev–Trinajstić information content (AvgIpc) is 2.66. The van der Waals surface area contributed by atoms with Crippen LogP contribution in [0.15, 0.2) is 0 Å². The first-order valence-electron chi connectivity index (χ1n) is 12.0. The van der Waals surface area contributed by atoms with Crippen LogP contribution < -0.4 is 15.3 Å². The molecule has 0 aromatic heterocycles. The fourth-order valence-corrected chi connectivity index (χ4v) is 3.06. The van der Waals surface area contributed by atoms with Crippen molar-refractivity contribution in [1.29, 1.82) is 0 Å². The van der Waals surface area contributed by atoms with Gasteiger partial charge in [0, 0.05) is 34.2 Å².